The van der Waals surface area contributed by atoms with Gasteiger partial charge in [0.05, 0.1) is 25.4 Å². The van der Waals surface area contributed by atoms with Crippen LogP contribution in [-0.2, 0) is 14.3 Å². The third-order valence-corrected chi connectivity index (χ3v) is 14.9. The number of nitrogens with one attached hydrogen (secondary N) is 1. The molecule has 0 aromatic heterocycles. The molecule has 0 aliphatic rings. The van der Waals surface area contributed by atoms with Crippen molar-refractivity contribution in [1.82, 2.24) is 5.32 Å². The zero-order chi connectivity index (χ0) is 52.9. The van der Waals surface area contributed by atoms with E-state index >= 15 is 0 Å². The first-order valence-electron chi connectivity index (χ1n) is 32.4. The second-order valence-corrected chi connectivity index (χ2v) is 22.1. The van der Waals surface area contributed by atoms with Crippen molar-refractivity contribution in [3.05, 3.63) is 48.6 Å². The Hall–Kier alpha value is -2.18. The minimum Gasteiger partial charge on any atom is -0.466 e. The van der Waals surface area contributed by atoms with Crippen LogP contribution in [0.4, 0.5) is 0 Å². The van der Waals surface area contributed by atoms with E-state index in [-0.39, 0.29) is 18.5 Å². The highest BCUT2D eigenvalue weighted by molar-refractivity contribution is 5.76. The van der Waals surface area contributed by atoms with Gasteiger partial charge >= 0.3 is 5.97 Å². The molecular weight excluding hydrogens is 899 g/mol. The quantitative estimate of drug-likeness (QED) is 0.0320. The molecule has 6 nitrogen and oxygen atoms in total. The molecule has 0 fully saturated rings. The van der Waals surface area contributed by atoms with E-state index in [1.807, 2.05) is 0 Å². The van der Waals surface area contributed by atoms with Crippen molar-refractivity contribution in [2.45, 2.75) is 353 Å². The predicted molar refractivity (Wildman–Crippen MR) is 319 cm³/mol. The van der Waals surface area contributed by atoms with Crippen molar-refractivity contribution >= 4 is 11.9 Å². The molecular formula is C67H125NO5. The molecule has 0 bridgehead atoms. The minimum atomic E-state index is -0.666. The predicted octanol–water partition coefficient (Wildman–Crippen LogP) is 20.5. The Morgan fingerprint density at radius 2 is 0.685 bits per heavy atom. The van der Waals surface area contributed by atoms with E-state index in [0.717, 1.165) is 57.8 Å². The lowest BCUT2D eigenvalue weighted by atomic mass is 10.0. The Balaban J connectivity index is 3.42. The van der Waals surface area contributed by atoms with Gasteiger partial charge in [-0.2, -0.15) is 0 Å². The van der Waals surface area contributed by atoms with E-state index in [2.05, 4.69) is 67.8 Å². The molecule has 0 saturated carbocycles. The number of aliphatic hydroxyl groups excluding tert-OH is 2. The summed E-state index contributed by atoms with van der Waals surface area (Å²) in [5.41, 5.74) is 0. The van der Waals surface area contributed by atoms with Crippen LogP contribution in [0.1, 0.15) is 341 Å². The number of ether oxygens (including phenoxy) is 1. The van der Waals surface area contributed by atoms with Gasteiger partial charge in [0.15, 0.2) is 0 Å². The number of hydrogen-bond donors (Lipinski definition) is 3. The Bertz CT molecular complexity index is 1230. The molecule has 0 rings (SSSR count). The molecule has 428 valence electrons. The van der Waals surface area contributed by atoms with Crippen LogP contribution in [0.3, 0.4) is 0 Å². The molecule has 0 aromatic rings. The molecule has 0 spiro atoms. The van der Waals surface area contributed by atoms with E-state index in [4.69, 9.17) is 4.74 Å². The number of unbranched alkanes of at least 4 members (excludes halogenated alkanes) is 41. The molecule has 0 heterocycles. The average molecular weight is 1020 g/mol. The lowest BCUT2D eigenvalue weighted by Crippen LogP contribution is -2.45. The number of carbonyl (C=O) groups excluding carboxylic acids is 2. The summed E-state index contributed by atoms with van der Waals surface area (Å²) in [6.07, 6.45) is 79.9. The molecule has 0 saturated heterocycles. The van der Waals surface area contributed by atoms with Crippen LogP contribution < -0.4 is 5.32 Å². The lowest BCUT2D eigenvalue weighted by molar-refractivity contribution is -0.143. The van der Waals surface area contributed by atoms with Crippen LogP contribution in [0, 0.1) is 0 Å². The van der Waals surface area contributed by atoms with Crippen LogP contribution in [0.5, 0.6) is 0 Å². The summed E-state index contributed by atoms with van der Waals surface area (Å²) in [6, 6.07) is -0.544. The van der Waals surface area contributed by atoms with Crippen LogP contribution >= 0.6 is 0 Å². The van der Waals surface area contributed by atoms with Crippen molar-refractivity contribution in [1.29, 1.82) is 0 Å². The summed E-state index contributed by atoms with van der Waals surface area (Å²) in [5.74, 6) is -0.0408. The Labute approximate surface area is 455 Å². The van der Waals surface area contributed by atoms with Crippen molar-refractivity contribution in [3.63, 3.8) is 0 Å². The van der Waals surface area contributed by atoms with Gasteiger partial charge in [-0.1, -0.05) is 287 Å². The monoisotopic (exact) mass is 1020 g/mol. The molecule has 2 atom stereocenters. The zero-order valence-electron chi connectivity index (χ0n) is 48.9. The third-order valence-electron chi connectivity index (χ3n) is 14.9. The van der Waals surface area contributed by atoms with Gasteiger partial charge in [0.25, 0.3) is 0 Å². The fourth-order valence-electron chi connectivity index (χ4n) is 9.88. The maximum absolute atomic E-state index is 12.5. The maximum atomic E-state index is 12.5. The van der Waals surface area contributed by atoms with Crippen molar-refractivity contribution in [2.75, 3.05) is 13.2 Å². The molecule has 3 N–H and O–H groups in total. The number of esters is 1. The first-order chi connectivity index (χ1) is 36.0. The van der Waals surface area contributed by atoms with Crippen LogP contribution in [0.25, 0.3) is 0 Å². The molecule has 0 aromatic carbocycles. The van der Waals surface area contributed by atoms with E-state index in [9.17, 15) is 19.8 Å². The summed E-state index contributed by atoms with van der Waals surface area (Å²) < 4.78 is 5.48. The Kier molecular flexibility index (Phi) is 60.5. The van der Waals surface area contributed by atoms with Gasteiger partial charge in [-0.25, -0.2) is 0 Å². The first-order valence-corrected chi connectivity index (χ1v) is 32.4. The fraction of sp³-hybridized carbons (Fsp3) is 0.851. The van der Waals surface area contributed by atoms with E-state index in [1.165, 1.54) is 250 Å². The van der Waals surface area contributed by atoms with Gasteiger partial charge < -0.3 is 20.3 Å². The standard InChI is InChI=1S/C67H125NO5/c1-3-5-7-9-11-13-15-17-18-33-37-41-45-49-53-57-61-67(72)73-62-58-54-50-46-42-38-34-31-29-27-25-23-21-19-20-22-24-26-28-30-32-36-40-44-48-52-56-60-66(71)68-64(63-69)65(70)59-55-51-47-43-39-35-16-14-12-10-8-6-4-2/h13,15,18-20,23,25,33,64-65,69-70H,3-12,14,16-17,21-22,24,26-32,34-63H2,1-2H3,(H,68,71)/b15-13-,20-19-,25-23-,33-18-. The van der Waals surface area contributed by atoms with Gasteiger partial charge in [-0.05, 0) is 89.9 Å². The Morgan fingerprint density at radius 1 is 0.384 bits per heavy atom. The number of rotatable bonds is 60. The largest absolute Gasteiger partial charge is 0.466 e. The second-order valence-electron chi connectivity index (χ2n) is 22.1. The molecule has 0 radical (unpaired) electrons. The van der Waals surface area contributed by atoms with Crippen LogP contribution in [0.2, 0.25) is 0 Å². The SMILES string of the molecule is CCCCCC/C=C\C/C=C\CCCCCCCC(=O)OCCCCCCCCCCC/C=C\C/C=C\CCCCCCCCCCCCCC(=O)NC(CO)C(O)CCCCCCCCCCCCCCC. The summed E-state index contributed by atoms with van der Waals surface area (Å²) in [6.45, 7) is 4.93. The van der Waals surface area contributed by atoms with Crippen LogP contribution in [0.15, 0.2) is 48.6 Å². The summed E-state index contributed by atoms with van der Waals surface area (Å²) in [7, 11) is 0. The first kappa shape index (κ1) is 70.8. The average Bonchev–Trinajstić information content (AvgIpc) is 3.39. The van der Waals surface area contributed by atoms with Gasteiger partial charge in [-0.15, -0.1) is 0 Å². The normalized spacial score (nSPS) is 12.9. The minimum absolute atomic E-state index is 0.00302. The van der Waals surface area contributed by atoms with Crippen molar-refractivity contribution < 1.29 is 24.5 Å². The zero-order valence-corrected chi connectivity index (χ0v) is 48.9. The van der Waals surface area contributed by atoms with E-state index in [1.54, 1.807) is 0 Å². The van der Waals surface area contributed by atoms with E-state index in [0.29, 0.717) is 25.9 Å². The highest BCUT2D eigenvalue weighted by atomic mass is 16.5. The highest BCUT2D eigenvalue weighted by Crippen LogP contribution is 2.17. The third kappa shape index (κ3) is 58.9. The van der Waals surface area contributed by atoms with Gasteiger partial charge in [0.2, 0.25) is 5.91 Å². The smallest absolute Gasteiger partial charge is 0.305 e. The second kappa shape index (κ2) is 62.4. The van der Waals surface area contributed by atoms with Crippen LogP contribution in [-0.4, -0.2) is 47.4 Å². The number of amides is 1. The Morgan fingerprint density at radius 3 is 1.05 bits per heavy atom. The number of hydrogen-bond acceptors (Lipinski definition) is 5. The van der Waals surface area contributed by atoms with E-state index < -0.39 is 12.1 Å². The molecule has 73 heavy (non-hydrogen) atoms. The van der Waals surface area contributed by atoms with Gasteiger partial charge in [0.1, 0.15) is 0 Å². The van der Waals surface area contributed by atoms with Crippen molar-refractivity contribution in [2.24, 2.45) is 0 Å². The molecule has 0 aliphatic carbocycles. The van der Waals surface area contributed by atoms with Crippen molar-refractivity contribution in [3.8, 4) is 0 Å². The number of carbonyl (C=O) groups is 2. The summed E-state index contributed by atoms with van der Waals surface area (Å²) >= 11 is 0. The maximum Gasteiger partial charge on any atom is 0.305 e. The van der Waals surface area contributed by atoms with Gasteiger partial charge in [-0.3, -0.25) is 9.59 Å². The summed E-state index contributed by atoms with van der Waals surface area (Å²) in [4.78, 5) is 24.5. The fourth-order valence-corrected chi connectivity index (χ4v) is 9.88. The van der Waals surface area contributed by atoms with Gasteiger partial charge in [0, 0.05) is 12.8 Å². The summed E-state index contributed by atoms with van der Waals surface area (Å²) in [5, 5.41) is 23.3. The topological polar surface area (TPSA) is 95.9 Å². The highest BCUT2D eigenvalue weighted by Gasteiger charge is 2.20. The molecule has 1 amide bonds. The number of aliphatic hydroxyl groups is 2. The molecule has 6 heteroatoms. The number of allylic oxidation sites excluding steroid dienone is 8. The molecule has 0 aliphatic heterocycles. The lowest BCUT2D eigenvalue weighted by Gasteiger charge is -2.22. The molecule has 2 unspecified atom stereocenters.